The second kappa shape index (κ2) is 6.04. The molecule has 2 N–H and O–H groups in total. The highest BCUT2D eigenvalue weighted by Gasteiger charge is 2.11. The number of fused-ring (bicyclic) bond motifs is 1. The van der Waals surface area contributed by atoms with E-state index in [0.717, 1.165) is 10.9 Å². The Morgan fingerprint density at radius 1 is 1.21 bits per heavy atom. The first-order chi connectivity index (χ1) is 11.3. The maximum absolute atomic E-state index is 11.9. The number of pyridine rings is 1. The van der Waals surface area contributed by atoms with Crippen molar-refractivity contribution in [3.63, 3.8) is 0 Å². The standard InChI is InChI=1S/C16H17N5O2S/c1-10-7-11(21-24(2,3)23)8-13-14(10)15(19-9-18-13)20-12-5-4-6-17-16(12)22/h4-9H,1-3H3,(H,17,22)(H,18,19,20). The van der Waals surface area contributed by atoms with Crippen LogP contribution >= 0.6 is 0 Å². The molecule has 2 heterocycles. The van der Waals surface area contributed by atoms with Crippen LogP contribution in [0.5, 0.6) is 5.88 Å². The van der Waals surface area contributed by atoms with E-state index in [2.05, 4.69) is 24.6 Å². The fraction of sp³-hybridized carbons (Fsp3) is 0.188. The first-order valence-corrected chi connectivity index (χ1v) is 9.50. The van der Waals surface area contributed by atoms with Gasteiger partial charge in [-0.05, 0) is 36.8 Å². The quantitative estimate of drug-likeness (QED) is 0.758. The molecule has 0 spiro atoms. The lowest BCUT2D eigenvalue weighted by Gasteiger charge is -2.11. The lowest BCUT2D eigenvalue weighted by atomic mass is 10.1. The molecule has 7 nitrogen and oxygen atoms in total. The number of benzene rings is 1. The highest BCUT2D eigenvalue weighted by atomic mass is 32.2. The van der Waals surface area contributed by atoms with Crippen LogP contribution in [-0.2, 0) is 9.73 Å². The van der Waals surface area contributed by atoms with E-state index in [1.165, 1.54) is 12.5 Å². The van der Waals surface area contributed by atoms with Gasteiger partial charge >= 0.3 is 0 Å². The summed E-state index contributed by atoms with van der Waals surface area (Å²) in [5.74, 6) is 0.450. The largest absolute Gasteiger partial charge is 0.492 e. The predicted octanol–water partition coefficient (Wildman–Crippen LogP) is 3.14. The number of aromatic hydroxyl groups is 1. The number of nitrogens with one attached hydrogen (secondary N) is 1. The predicted molar refractivity (Wildman–Crippen MR) is 95.5 cm³/mol. The highest BCUT2D eigenvalue weighted by Crippen LogP contribution is 2.31. The number of hydrogen-bond acceptors (Lipinski definition) is 7. The van der Waals surface area contributed by atoms with Crippen molar-refractivity contribution in [3.8, 4) is 5.88 Å². The number of rotatable bonds is 3. The molecular weight excluding hydrogens is 326 g/mol. The smallest absolute Gasteiger partial charge is 0.235 e. The van der Waals surface area contributed by atoms with Gasteiger partial charge in [-0.3, -0.25) is 0 Å². The lowest BCUT2D eigenvalue weighted by molar-refractivity contribution is 0.456. The summed E-state index contributed by atoms with van der Waals surface area (Å²) < 4.78 is 16.1. The molecule has 0 radical (unpaired) electrons. The molecule has 0 unspecified atom stereocenters. The zero-order valence-electron chi connectivity index (χ0n) is 13.5. The molecule has 8 heteroatoms. The van der Waals surface area contributed by atoms with Crippen molar-refractivity contribution in [1.29, 1.82) is 0 Å². The molecule has 0 aliphatic carbocycles. The summed E-state index contributed by atoms with van der Waals surface area (Å²) in [7, 11) is -2.25. The van der Waals surface area contributed by atoms with Crippen LogP contribution < -0.4 is 5.32 Å². The van der Waals surface area contributed by atoms with E-state index in [4.69, 9.17) is 0 Å². The molecule has 3 rings (SSSR count). The van der Waals surface area contributed by atoms with Gasteiger partial charge < -0.3 is 10.4 Å². The molecular formula is C16H17N5O2S. The van der Waals surface area contributed by atoms with Crippen molar-refractivity contribution < 1.29 is 9.32 Å². The Hall–Kier alpha value is -2.74. The van der Waals surface area contributed by atoms with Gasteiger partial charge in [0.15, 0.2) is 0 Å². The molecule has 0 fully saturated rings. The zero-order valence-corrected chi connectivity index (χ0v) is 14.3. The zero-order chi connectivity index (χ0) is 17.3. The summed E-state index contributed by atoms with van der Waals surface area (Å²) in [4.78, 5) is 12.4. The van der Waals surface area contributed by atoms with Crippen LogP contribution in [0.25, 0.3) is 10.9 Å². The van der Waals surface area contributed by atoms with Crippen LogP contribution in [-0.4, -0.2) is 36.8 Å². The number of nitrogens with zero attached hydrogens (tertiary/aromatic N) is 4. The fourth-order valence-electron chi connectivity index (χ4n) is 2.40. The lowest BCUT2D eigenvalue weighted by Crippen LogP contribution is -1.98. The summed E-state index contributed by atoms with van der Waals surface area (Å²) in [6, 6.07) is 7.03. The summed E-state index contributed by atoms with van der Waals surface area (Å²) in [5.41, 5.74) is 2.64. The van der Waals surface area contributed by atoms with Gasteiger partial charge in [0, 0.05) is 33.8 Å². The maximum Gasteiger partial charge on any atom is 0.235 e. The molecule has 0 aliphatic heterocycles. The van der Waals surface area contributed by atoms with Crippen molar-refractivity contribution >= 4 is 37.8 Å². The van der Waals surface area contributed by atoms with Gasteiger partial charge in [0.05, 0.1) is 11.2 Å². The number of hydrogen-bond donors (Lipinski definition) is 2. The Balaban J connectivity index is 2.14. The van der Waals surface area contributed by atoms with Gasteiger partial charge in [-0.25, -0.2) is 19.2 Å². The topological polar surface area (TPSA) is 100 Å². The Bertz CT molecular complexity index is 1030. The highest BCUT2D eigenvalue weighted by molar-refractivity contribution is 7.92. The van der Waals surface area contributed by atoms with E-state index in [0.29, 0.717) is 22.7 Å². The molecule has 0 saturated heterocycles. The van der Waals surface area contributed by atoms with Crippen LogP contribution in [0, 0.1) is 6.92 Å². The minimum Gasteiger partial charge on any atom is -0.492 e. The minimum atomic E-state index is -2.25. The van der Waals surface area contributed by atoms with Crippen LogP contribution in [0.2, 0.25) is 0 Å². The SMILES string of the molecule is Cc1cc(N=S(C)(C)=O)cc2ncnc(Nc3cccnc3O)c12. The van der Waals surface area contributed by atoms with Crippen molar-refractivity contribution in [1.82, 2.24) is 15.0 Å². The Morgan fingerprint density at radius 3 is 2.71 bits per heavy atom. The molecule has 0 bridgehead atoms. The first kappa shape index (κ1) is 16.1. The summed E-state index contributed by atoms with van der Waals surface area (Å²) in [6.07, 6.45) is 6.11. The Labute approximate surface area is 140 Å². The molecule has 0 saturated carbocycles. The van der Waals surface area contributed by atoms with Crippen LogP contribution in [0.1, 0.15) is 5.56 Å². The van der Waals surface area contributed by atoms with E-state index >= 15 is 0 Å². The van der Waals surface area contributed by atoms with Crippen LogP contribution in [0.15, 0.2) is 41.2 Å². The van der Waals surface area contributed by atoms with E-state index in [1.807, 2.05) is 13.0 Å². The van der Waals surface area contributed by atoms with E-state index in [1.54, 1.807) is 30.7 Å². The molecule has 0 atom stereocenters. The van der Waals surface area contributed by atoms with Crippen LogP contribution in [0.4, 0.5) is 17.2 Å². The third kappa shape index (κ3) is 3.43. The summed E-state index contributed by atoms with van der Waals surface area (Å²) in [5, 5.41) is 13.7. The summed E-state index contributed by atoms with van der Waals surface area (Å²) >= 11 is 0. The average Bonchev–Trinajstić information content (AvgIpc) is 2.47. The van der Waals surface area contributed by atoms with Gasteiger partial charge in [-0.2, -0.15) is 4.36 Å². The molecule has 0 amide bonds. The average molecular weight is 343 g/mol. The number of aromatic nitrogens is 3. The molecule has 124 valence electrons. The maximum atomic E-state index is 11.9. The van der Waals surface area contributed by atoms with Crippen molar-refractivity contribution in [2.45, 2.75) is 6.92 Å². The molecule has 1 aromatic carbocycles. The molecule has 2 aromatic heterocycles. The second-order valence-corrected chi connectivity index (χ2v) is 8.20. The van der Waals surface area contributed by atoms with Crippen molar-refractivity contribution in [2.75, 3.05) is 17.8 Å². The van der Waals surface area contributed by atoms with Gasteiger partial charge in [-0.15, -0.1) is 0 Å². The normalized spacial score (nSPS) is 11.5. The van der Waals surface area contributed by atoms with Crippen LogP contribution in [0.3, 0.4) is 0 Å². The third-order valence-electron chi connectivity index (χ3n) is 3.28. The Morgan fingerprint density at radius 2 is 2.00 bits per heavy atom. The molecule has 0 aliphatic rings. The first-order valence-electron chi connectivity index (χ1n) is 7.17. The Kier molecular flexibility index (Phi) is 4.06. The fourth-order valence-corrected chi connectivity index (χ4v) is 3.01. The van der Waals surface area contributed by atoms with Crippen molar-refractivity contribution in [3.05, 3.63) is 42.4 Å². The second-order valence-electron chi connectivity index (χ2n) is 5.65. The van der Waals surface area contributed by atoms with Gasteiger partial charge in [0.1, 0.15) is 17.8 Å². The number of aryl methyl sites for hydroxylation is 1. The van der Waals surface area contributed by atoms with Gasteiger partial charge in [-0.1, -0.05) is 0 Å². The molecule has 3 aromatic rings. The van der Waals surface area contributed by atoms with E-state index in [-0.39, 0.29) is 5.88 Å². The van der Waals surface area contributed by atoms with E-state index in [9.17, 15) is 9.32 Å². The van der Waals surface area contributed by atoms with Crippen molar-refractivity contribution in [2.24, 2.45) is 4.36 Å². The minimum absolute atomic E-state index is 0.106. The molecule has 24 heavy (non-hydrogen) atoms. The van der Waals surface area contributed by atoms with E-state index < -0.39 is 9.73 Å². The third-order valence-corrected chi connectivity index (χ3v) is 3.94. The number of anilines is 2. The van der Waals surface area contributed by atoms with Gasteiger partial charge in [0.25, 0.3) is 0 Å². The monoisotopic (exact) mass is 343 g/mol. The summed E-state index contributed by atoms with van der Waals surface area (Å²) in [6.45, 7) is 1.91. The van der Waals surface area contributed by atoms with Gasteiger partial charge in [0.2, 0.25) is 5.88 Å².